The number of carboxylic acids is 1. The van der Waals surface area contributed by atoms with Crippen molar-refractivity contribution >= 4 is 40.6 Å². The molecule has 3 rings (SSSR count). The lowest BCUT2D eigenvalue weighted by molar-refractivity contribution is -0.144. The molecule has 0 aromatic heterocycles. The molecule has 1 heterocycles. The highest BCUT2D eigenvalue weighted by Gasteiger charge is 2.23. The maximum Gasteiger partial charge on any atom is 0.344 e. The van der Waals surface area contributed by atoms with E-state index in [4.69, 9.17) is 14.6 Å². The summed E-state index contributed by atoms with van der Waals surface area (Å²) in [4.78, 5) is 28.0. The molecule has 1 atom stereocenters. The molecule has 1 aliphatic heterocycles. The van der Waals surface area contributed by atoms with Crippen LogP contribution in [0, 0.1) is 0 Å². The van der Waals surface area contributed by atoms with Gasteiger partial charge >= 0.3 is 5.97 Å². The third-order valence-corrected chi connectivity index (χ3v) is 4.78. The summed E-state index contributed by atoms with van der Waals surface area (Å²) < 4.78 is 10.7. The first-order valence-electron chi connectivity index (χ1n) is 8.96. The van der Waals surface area contributed by atoms with Gasteiger partial charge in [-0.15, -0.1) is 0 Å². The number of hydrogen-bond donors (Lipinski definition) is 2. The van der Waals surface area contributed by atoms with Crippen LogP contribution < -0.4 is 14.8 Å². The van der Waals surface area contributed by atoms with Crippen molar-refractivity contribution in [3.63, 3.8) is 0 Å². The van der Waals surface area contributed by atoms with Crippen LogP contribution in [0.1, 0.15) is 19.4 Å². The van der Waals surface area contributed by atoms with Gasteiger partial charge in [-0.05, 0) is 73.6 Å². The van der Waals surface area contributed by atoms with Gasteiger partial charge in [0.15, 0.2) is 11.3 Å². The molecular formula is C21H20N2O5S. The predicted octanol–water partition coefficient (Wildman–Crippen LogP) is 3.83. The van der Waals surface area contributed by atoms with Crippen molar-refractivity contribution in [1.82, 2.24) is 5.32 Å². The van der Waals surface area contributed by atoms with Crippen LogP contribution in [0.5, 0.6) is 11.5 Å². The van der Waals surface area contributed by atoms with Crippen LogP contribution >= 0.6 is 11.8 Å². The number of nitrogens with one attached hydrogen (secondary N) is 1. The van der Waals surface area contributed by atoms with E-state index in [2.05, 4.69) is 10.3 Å². The first-order valence-corrected chi connectivity index (χ1v) is 9.78. The molecule has 2 N–H and O–H groups in total. The number of carbonyl (C=O) groups is 2. The zero-order valence-electron chi connectivity index (χ0n) is 15.9. The topological polar surface area (TPSA) is 97.2 Å². The summed E-state index contributed by atoms with van der Waals surface area (Å²) in [6.45, 7) is 3.98. The molecule has 0 radical (unpaired) electrons. The number of amides is 1. The number of carbonyl (C=O) groups excluding carboxylic acids is 1. The largest absolute Gasteiger partial charge is 0.494 e. The standard InChI is InChI=1S/C21H20N2O5S/c1-3-27-16-10-6-15(7-11-16)22-21-23-19(24)18(29-21)12-14-4-8-17(9-5-14)28-13(2)20(25)26/h4-13H,3H2,1-2H3,(H,25,26)(H,22,23,24)/b18-12-/t13-/m1/s1. The highest BCUT2D eigenvalue weighted by molar-refractivity contribution is 8.18. The summed E-state index contributed by atoms with van der Waals surface area (Å²) in [6.07, 6.45) is 0.808. The SMILES string of the molecule is CCOc1ccc(N=C2NC(=O)/C(=C/c3ccc(O[C@H](C)C(=O)O)cc3)S2)cc1. The molecule has 1 aliphatic rings. The molecule has 1 amide bonds. The lowest BCUT2D eigenvalue weighted by atomic mass is 10.2. The van der Waals surface area contributed by atoms with Gasteiger partial charge in [0, 0.05) is 0 Å². The van der Waals surface area contributed by atoms with Crippen LogP contribution in [0.4, 0.5) is 5.69 Å². The Morgan fingerprint density at radius 2 is 1.83 bits per heavy atom. The van der Waals surface area contributed by atoms with E-state index < -0.39 is 12.1 Å². The monoisotopic (exact) mass is 412 g/mol. The summed E-state index contributed by atoms with van der Waals surface area (Å²) >= 11 is 1.25. The average molecular weight is 412 g/mol. The zero-order valence-corrected chi connectivity index (χ0v) is 16.7. The lowest BCUT2D eigenvalue weighted by Gasteiger charge is -2.10. The second kappa shape index (κ2) is 9.29. The van der Waals surface area contributed by atoms with Gasteiger partial charge in [-0.3, -0.25) is 4.79 Å². The normalized spacial score (nSPS) is 17.2. The van der Waals surface area contributed by atoms with Gasteiger partial charge in [0.05, 0.1) is 17.2 Å². The smallest absolute Gasteiger partial charge is 0.344 e. The quantitative estimate of drug-likeness (QED) is 0.671. The zero-order chi connectivity index (χ0) is 20.8. The van der Waals surface area contributed by atoms with E-state index in [9.17, 15) is 9.59 Å². The maximum absolute atomic E-state index is 12.2. The third-order valence-electron chi connectivity index (χ3n) is 3.87. The molecule has 0 bridgehead atoms. The van der Waals surface area contributed by atoms with Crippen molar-refractivity contribution in [3.8, 4) is 11.5 Å². The Morgan fingerprint density at radius 3 is 2.45 bits per heavy atom. The van der Waals surface area contributed by atoms with E-state index in [0.29, 0.717) is 28.1 Å². The molecule has 0 unspecified atom stereocenters. The molecule has 150 valence electrons. The molecule has 7 nitrogen and oxygen atoms in total. The molecule has 0 saturated carbocycles. The molecule has 1 saturated heterocycles. The van der Waals surface area contributed by atoms with Gasteiger partial charge in [-0.1, -0.05) is 12.1 Å². The van der Waals surface area contributed by atoms with Crippen molar-refractivity contribution in [1.29, 1.82) is 0 Å². The van der Waals surface area contributed by atoms with Gasteiger partial charge in [0.2, 0.25) is 0 Å². The fraction of sp³-hybridized carbons (Fsp3) is 0.190. The summed E-state index contributed by atoms with van der Waals surface area (Å²) in [6, 6.07) is 14.1. The van der Waals surface area contributed by atoms with Crippen LogP contribution in [-0.2, 0) is 9.59 Å². The van der Waals surface area contributed by atoms with E-state index in [1.54, 1.807) is 30.3 Å². The summed E-state index contributed by atoms with van der Waals surface area (Å²) in [5.74, 6) is -0.0391. The van der Waals surface area contributed by atoms with Crippen LogP contribution in [0.2, 0.25) is 0 Å². The van der Waals surface area contributed by atoms with Crippen LogP contribution in [-0.4, -0.2) is 34.9 Å². The molecule has 1 fully saturated rings. The molecule has 8 heteroatoms. The fourth-order valence-corrected chi connectivity index (χ4v) is 3.27. The first-order chi connectivity index (χ1) is 13.9. The number of hydrogen-bond acceptors (Lipinski definition) is 6. The van der Waals surface area contributed by atoms with Crippen molar-refractivity contribution in [3.05, 3.63) is 59.0 Å². The second-order valence-corrected chi connectivity index (χ2v) is 7.11. The highest BCUT2D eigenvalue weighted by Crippen LogP contribution is 2.29. The third kappa shape index (κ3) is 5.61. The molecule has 0 spiro atoms. The van der Waals surface area contributed by atoms with Gasteiger partial charge in [0.25, 0.3) is 5.91 Å². The van der Waals surface area contributed by atoms with Crippen LogP contribution in [0.25, 0.3) is 6.08 Å². The predicted molar refractivity (Wildman–Crippen MR) is 113 cm³/mol. The number of benzene rings is 2. The Morgan fingerprint density at radius 1 is 1.17 bits per heavy atom. The molecule has 2 aromatic carbocycles. The van der Waals surface area contributed by atoms with Crippen molar-refractivity contribution in [2.24, 2.45) is 4.99 Å². The van der Waals surface area contributed by atoms with E-state index in [1.165, 1.54) is 18.7 Å². The minimum Gasteiger partial charge on any atom is -0.494 e. The Balaban J connectivity index is 1.68. The van der Waals surface area contributed by atoms with E-state index in [0.717, 1.165) is 11.3 Å². The first kappa shape index (κ1) is 20.5. The fourth-order valence-electron chi connectivity index (χ4n) is 2.43. The van der Waals surface area contributed by atoms with Crippen molar-refractivity contribution in [2.45, 2.75) is 20.0 Å². The Hall–Kier alpha value is -3.26. The number of ether oxygens (including phenoxy) is 2. The Kier molecular flexibility index (Phi) is 6.56. The number of aliphatic imine (C=N–C) groups is 1. The number of carboxylic acid groups (broad SMARTS) is 1. The molecule has 2 aromatic rings. The van der Waals surface area contributed by atoms with E-state index in [-0.39, 0.29) is 5.91 Å². The number of nitrogens with zero attached hydrogens (tertiary/aromatic N) is 1. The van der Waals surface area contributed by atoms with E-state index in [1.807, 2.05) is 31.2 Å². The molecule has 29 heavy (non-hydrogen) atoms. The van der Waals surface area contributed by atoms with Gasteiger partial charge < -0.3 is 19.9 Å². The van der Waals surface area contributed by atoms with Crippen LogP contribution in [0.15, 0.2) is 58.4 Å². The van der Waals surface area contributed by atoms with Crippen molar-refractivity contribution < 1.29 is 24.2 Å². The van der Waals surface area contributed by atoms with Crippen molar-refractivity contribution in [2.75, 3.05) is 6.61 Å². The highest BCUT2D eigenvalue weighted by atomic mass is 32.2. The summed E-state index contributed by atoms with van der Waals surface area (Å²) in [5, 5.41) is 12.1. The summed E-state index contributed by atoms with van der Waals surface area (Å²) in [7, 11) is 0. The maximum atomic E-state index is 12.2. The number of thioether (sulfide) groups is 1. The molecular weight excluding hydrogens is 392 g/mol. The minimum absolute atomic E-state index is 0.223. The van der Waals surface area contributed by atoms with Crippen LogP contribution in [0.3, 0.4) is 0 Å². The molecule has 0 aliphatic carbocycles. The minimum atomic E-state index is -1.03. The van der Waals surface area contributed by atoms with Gasteiger partial charge in [0.1, 0.15) is 11.5 Å². The van der Waals surface area contributed by atoms with Gasteiger partial charge in [-0.25, -0.2) is 9.79 Å². The number of rotatable bonds is 7. The number of aliphatic carboxylic acids is 1. The van der Waals surface area contributed by atoms with E-state index >= 15 is 0 Å². The summed E-state index contributed by atoms with van der Waals surface area (Å²) in [5.41, 5.74) is 1.51. The second-order valence-electron chi connectivity index (χ2n) is 6.08. The Bertz CT molecular complexity index is 952. The average Bonchev–Trinajstić information content (AvgIpc) is 3.04. The number of amidine groups is 1. The van der Waals surface area contributed by atoms with Gasteiger partial charge in [-0.2, -0.15) is 0 Å². The Labute approximate surface area is 172 Å². The lowest BCUT2D eigenvalue weighted by Crippen LogP contribution is -2.22.